The number of ether oxygens (including phenoxy) is 4. The summed E-state index contributed by atoms with van der Waals surface area (Å²) in [4.78, 5) is 140. The molecule has 1 saturated heterocycles. The molecule has 32 heteroatoms. The second-order valence-electron chi connectivity index (χ2n) is 19.5. The molecular formula is C50H56N12O14S6. The van der Waals surface area contributed by atoms with Gasteiger partial charge in [0.15, 0.2) is 21.7 Å². The molecule has 4 aromatic heterocycles. The number of β-lactam (4-membered cyclic amide) rings is 1. The molecule has 4 amide bonds. The van der Waals surface area contributed by atoms with E-state index in [-0.39, 0.29) is 50.3 Å². The summed E-state index contributed by atoms with van der Waals surface area (Å²) in [6.45, 7) is 12.0. The Hall–Kier alpha value is -7.52. The molecule has 436 valence electrons. The smallest absolute Gasteiger partial charge is 0.358 e. The lowest BCUT2D eigenvalue weighted by Gasteiger charge is -2.49. The van der Waals surface area contributed by atoms with Gasteiger partial charge in [0.1, 0.15) is 59.8 Å². The molecule has 82 heavy (non-hydrogen) atoms. The molecule has 26 nitrogen and oxygen atoms in total. The number of oxime groups is 2. The Labute approximate surface area is 493 Å². The number of amides is 4. The standard InChI is InChI=1S/C50H56N12O14S6/c1-23-29(81-19-52-23)13-11-25-15-77-40(58-31(25)43(67)73-21-75-45(69)49(3,4)5)34(56-37(63)32(60-71-9)27-17-79-47(51)54-27)39(65)59-48-55-28(18-80-48)33(61-72-10)38(64)57-35-41(66)62-36(44(68)74-22-76-46(70)50(6,7)8)26(16-78-42(35)62)12-14-30-24(2)53-20-82-30/h11-14,17-20,34-35,40,42,58H,15-16,21-22H2,1-10H3,(H2,51,54)(H,56,63)(H,57,64)(H,55,59,65)/b13-11-,14-12-,60-32-,61-33-/t34?,35-,40-,42-/m1/s1. The monoisotopic (exact) mass is 1240 g/mol. The Morgan fingerprint density at radius 1 is 0.744 bits per heavy atom. The van der Waals surface area contributed by atoms with Crippen molar-refractivity contribution in [2.24, 2.45) is 21.1 Å². The number of rotatable bonds is 21. The Balaban J connectivity index is 1.12. The number of carbonyl (C=O) groups excluding carboxylic acids is 8. The van der Waals surface area contributed by atoms with Crippen molar-refractivity contribution in [1.29, 1.82) is 0 Å². The zero-order valence-corrected chi connectivity index (χ0v) is 50.5. The van der Waals surface area contributed by atoms with E-state index in [1.807, 2.05) is 13.8 Å². The first-order chi connectivity index (χ1) is 38.9. The number of nitrogen functional groups attached to an aromatic ring is 1. The summed E-state index contributed by atoms with van der Waals surface area (Å²) < 4.78 is 21.1. The van der Waals surface area contributed by atoms with Gasteiger partial charge in [0, 0.05) is 32.0 Å². The molecule has 1 fully saturated rings. The Bertz CT molecular complexity index is 3330. The first-order valence-corrected chi connectivity index (χ1v) is 30.0. The maximum Gasteiger partial charge on any atom is 0.358 e. The molecule has 4 atom stereocenters. The third-order valence-electron chi connectivity index (χ3n) is 11.5. The molecule has 3 aliphatic heterocycles. The predicted molar refractivity (Wildman–Crippen MR) is 310 cm³/mol. The number of nitrogens with two attached hydrogens (primary N) is 1. The number of carbonyl (C=O) groups is 8. The van der Waals surface area contributed by atoms with Gasteiger partial charge in [-0.05, 0) is 78.7 Å². The maximum atomic E-state index is 14.7. The second-order valence-corrected chi connectivity index (χ2v) is 25.3. The lowest BCUT2D eigenvalue weighted by Crippen LogP contribution is -2.71. The van der Waals surface area contributed by atoms with E-state index in [1.54, 1.807) is 76.9 Å². The van der Waals surface area contributed by atoms with Crippen LogP contribution in [0, 0.1) is 24.7 Å². The van der Waals surface area contributed by atoms with E-state index in [0.29, 0.717) is 11.1 Å². The minimum absolute atomic E-state index is 0.0336. The van der Waals surface area contributed by atoms with Gasteiger partial charge in [-0.2, -0.15) is 0 Å². The lowest BCUT2D eigenvalue weighted by molar-refractivity contribution is -0.174. The van der Waals surface area contributed by atoms with E-state index < -0.39 is 100 Å². The van der Waals surface area contributed by atoms with Crippen molar-refractivity contribution in [2.75, 3.05) is 50.4 Å². The Morgan fingerprint density at radius 3 is 1.84 bits per heavy atom. The summed E-state index contributed by atoms with van der Waals surface area (Å²) >= 11 is 7.04. The van der Waals surface area contributed by atoms with Crippen LogP contribution >= 0.6 is 68.9 Å². The van der Waals surface area contributed by atoms with E-state index in [0.717, 1.165) is 55.6 Å². The molecule has 6 N–H and O–H groups in total. The highest BCUT2D eigenvalue weighted by molar-refractivity contribution is 8.00. The summed E-state index contributed by atoms with van der Waals surface area (Å²) in [6, 6.07) is -2.76. The summed E-state index contributed by atoms with van der Waals surface area (Å²) in [6.07, 6.45) is 6.88. The van der Waals surface area contributed by atoms with Crippen molar-refractivity contribution in [3.63, 3.8) is 0 Å². The van der Waals surface area contributed by atoms with Gasteiger partial charge >= 0.3 is 23.9 Å². The molecule has 0 spiro atoms. The number of fused-ring (bicyclic) bond motifs is 1. The minimum atomic E-state index is -1.57. The molecule has 0 bridgehead atoms. The number of nitrogens with one attached hydrogen (secondary N) is 4. The number of anilines is 2. The summed E-state index contributed by atoms with van der Waals surface area (Å²) in [7, 11) is 2.39. The van der Waals surface area contributed by atoms with Gasteiger partial charge in [-0.3, -0.25) is 33.7 Å². The quantitative estimate of drug-likeness (QED) is 0.0248. The largest absolute Gasteiger partial charge is 0.427 e. The highest BCUT2D eigenvalue weighted by atomic mass is 32.2. The zero-order valence-electron chi connectivity index (χ0n) is 45.6. The Kier molecular flexibility index (Phi) is 20.5. The van der Waals surface area contributed by atoms with Crippen LogP contribution in [0.15, 0.2) is 66.8 Å². The fourth-order valence-corrected chi connectivity index (χ4v) is 12.4. The van der Waals surface area contributed by atoms with Gasteiger partial charge in [-0.1, -0.05) is 22.5 Å². The Morgan fingerprint density at radius 2 is 1.29 bits per heavy atom. The van der Waals surface area contributed by atoms with Crippen LogP contribution in [0.1, 0.15) is 74.1 Å². The van der Waals surface area contributed by atoms with Crippen molar-refractivity contribution >= 4 is 150 Å². The van der Waals surface area contributed by atoms with Crippen LogP contribution < -0.4 is 27.0 Å². The highest BCUT2D eigenvalue weighted by Crippen LogP contribution is 2.41. The number of aromatic nitrogens is 4. The van der Waals surface area contributed by atoms with E-state index in [2.05, 4.69) is 51.5 Å². The van der Waals surface area contributed by atoms with Gasteiger partial charge in [0.05, 0.1) is 33.2 Å². The molecule has 0 aromatic carbocycles. The molecule has 3 aliphatic rings. The fourth-order valence-electron chi connectivity index (χ4n) is 7.24. The number of thioether (sulfide) groups is 2. The number of thiazole rings is 4. The van der Waals surface area contributed by atoms with Gasteiger partial charge in [0.2, 0.25) is 13.6 Å². The summed E-state index contributed by atoms with van der Waals surface area (Å²) in [5, 5.41) is 19.7. The van der Waals surface area contributed by atoms with Crippen LogP contribution in [0.25, 0.3) is 12.2 Å². The van der Waals surface area contributed by atoms with E-state index in [1.165, 1.54) is 64.3 Å². The molecule has 7 heterocycles. The molecule has 1 unspecified atom stereocenters. The molecule has 4 aromatic rings. The number of hydrogen-bond acceptors (Lipinski definition) is 28. The molecule has 7 rings (SSSR count). The van der Waals surface area contributed by atoms with Crippen LogP contribution in [0.4, 0.5) is 10.3 Å². The van der Waals surface area contributed by atoms with Crippen LogP contribution in [0.5, 0.6) is 0 Å². The van der Waals surface area contributed by atoms with E-state index in [9.17, 15) is 38.4 Å². The SMILES string of the molecule is CO/N=C(\C(=O)NC(C(=O)Nc1nc(/C(=N/OC)C(=O)N[C@@H]2C(=O)N3C(C(=O)OCOC(=O)C(C)(C)C)=C(/C=C\c4scnc4C)CS[C@H]23)cs1)[C@@H]1NC(C(=O)OCOC(=O)C(C)(C)C)=C(/C=C\c2scnc2C)CS1)c1csc(N)n1. The third kappa shape index (κ3) is 15.1. The summed E-state index contributed by atoms with van der Waals surface area (Å²) in [5.41, 5.74) is 8.75. The number of esters is 4. The van der Waals surface area contributed by atoms with Crippen LogP contribution in [-0.2, 0) is 67.0 Å². The fraction of sp³-hybridized carbons (Fsp3) is 0.400. The normalized spacial score (nSPS) is 18.0. The average Bonchev–Trinajstić information content (AvgIpc) is 4.47. The van der Waals surface area contributed by atoms with Crippen molar-refractivity contribution in [1.82, 2.24) is 40.8 Å². The lowest BCUT2D eigenvalue weighted by atomic mass is 9.97. The van der Waals surface area contributed by atoms with Gasteiger partial charge in [0.25, 0.3) is 23.6 Å². The first-order valence-electron chi connectivity index (χ1n) is 24.4. The van der Waals surface area contributed by atoms with E-state index >= 15 is 0 Å². The maximum absolute atomic E-state index is 14.7. The topological polar surface area (TPSA) is 346 Å². The van der Waals surface area contributed by atoms with Crippen molar-refractivity contribution in [3.8, 4) is 0 Å². The van der Waals surface area contributed by atoms with Crippen molar-refractivity contribution in [3.05, 3.63) is 89.0 Å². The molecular weight excluding hydrogens is 1190 g/mol. The number of hydrogen-bond donors (Lipinski definition) is 5. The van der Waals surface area contributed by atoms with Crippen molar-refractivity contribution < 1.29 is 67.0 Å². The zero-order chi connectivity index (χ0) is 59.6. The highest BCUT2D eigenvalue weighted by Gasteiger charge is 2.55. The van der Waals surface area contributed by atoms with Crippen LogP contribution in [0.2, 0.25) is 0 Å². The molecule has 0 aliphatic carbocycles. The average molecular weight is 1240 g/mol. The third-order valence-corrected chi connectivity index (χ3v) is 17.3. The van der Waals surface area contributed by atoms with Gasteiger partial charge < -0.3 is 55.6 Å². The van der Waals surface area contributed by atoms with Gasteiger partial charge in [-0.15, -0.1) is 68.9 Å². The number of nitrogens with zero attached hydrogens (tertiary/aromatic N) is 7. The van der Waals surface area contributed by atoms with Crippen molar-refractivity contribution in [2.45, 2.75) is 78.2 Å². The number of allylic oxidation sites excluding steroid dienone is 2. The van der Waals surface area contributed by atoms with E-state index in [4.69, 9.17) is 34.4 Å². The second kappa shape index (κ2) is 27.0. The predicted octanol–water partition coefficient (Wildman–Crippen LogP) is 4.71. The first kappa shape index (κ1) is 62.1. The minimum Gasteiger partial charge on any atom is -0.427 e. The molecule has 0 saturated carbocycles. The number of aryl methyl sites for hydroxylation is 2. The van der Waals surface area contributed by atoms with Crippen LogP contribution in [-0.4, -0.2) is 146 Å². The molecule has 0 radical (unpaired) electrons. The summed E-state index contributed by atoms with van der Waals surface area (Å²) in [5.74, 6) is -6.23. The van der Waals surface area contributed by atoms with Crippen LogP contribution in [0.3, 0.4) is 0 Å². The van der Waals surface area contributed by atoms with Gasteiger partial charge in [-0.25, -0.2) is 29.5 Å².